The van der Waals surface area contributed by atoms with Gasteiger partial charge in [-0.1, -0.05) is 0 Å². The van der Waals surface area contributed by atoms with E-state index in [-0.39, 0.29) is 45.8 Å². The van der Waals surface area contributed by atoms with Crippen LogP contribution in [-0.2, 0) is 9.59 Å². The quantitative estimate of drug-likeness (QED) is 0.347. The summed E-state index contributed by atoms with van der Waals surface area (Å²) in [7, 11) is 0. The Balaban J connectivity index is 0.00000140. The third kappa shape index (κ3) is 5.29. The molecule has 4 aliphatic rings. The largest absolute Gasteiger partial charge is 1.00 e. The third-order valence-corrected chi connectivity index (χ3v) is 7.67. The van der Waals surface area contributed by atoms with E-state index in [1.165, 1.54) is 60.8 Å². The van der Waals surface area contributed by atoms with Crippen molar-refractivity contribution in [1.29, 1.82) is 0 Å². The third-order valence-electron chi connectivity index (χ3n) is 7.67. The average Bonchev–Trinajstić information content (AvgIpc) is 3.31. The maximum Gasteiger partial charge on any atom is 0.223 e. The number of nitrogens with zero attached hydrogens (tertiary/aromatic N) is 4. The van der Waals surface area contributed by atoms with E-state index in [1.54, 1.807) is 0 Å². The monoisotopic (exact) mass is 522 g/mol. The van der Waals surface area contributed by atoms with Crippen LogP contribution in [-0.4, -0.2) is 109 Å². The lowest BCUT2D eigenvalue weighted by Gasteiger charge is -2.42. The maximum atomic E-state index is 12.5. The molecule has 4 saturated heterocycles. The number of quaternary nitrogens is 2. The highest BCUT2D eigenvalue weighted by Crippen LogP contribution is 2.24. The Morgan fingerprint density at radius 1 is 0.536 bits per heavy atom. The minimum atomic E-state index is 0. The first kappa shape index (κ1) is 24.1. The van der Waals surface area contributed by atoms with Gasteiger partial charge in [-0.3, -0.25) is 9.59 Å². The molecule has 0 aliphatic carbocycles. The van der Waals surface area contributed by atoms with Gasteiger partial charge in [-0.2, -0.15) is 0 Å². The minimum Gasteiger partial charge on any atom is -1.00 e. The Labute approximate surface area is 190 Å². The molecule has 162 valence electrons. The van der Waals surface area contributed by atoms with Crippen molar-refractivity contribution in [2.24, 2.45) is 0 Å². The molecular formula is C20H36Br2N4O2. The first-order valence-corrected chi connectivity index (χ1v) is 10.9. The SMILES string of the molecule is O=C(CCC(=O)N1CC[N+]2(CCCC2)CC1)N1CC[N+]2(CCCC2)CC1.[Br-].[Br-]. The zero-order valence-corrected chi connectivity index (χ0v) is 20.3. The van der Waals surface area contributed by atoms with Crippen LogP contribution in [0.4, 0.5) is 0 Å². The van der Waals surface area contributed by atoms with Crippen LogP contribution < -0.4 is 34.0 Å². The molecule has 0 atom stereocenters. The second-order valence-corrected chi connectivity index (χ2v) is 9.15. The van der Waals surface area contributed by atoms with Crippen LogP contribution in [0.25, 0.3) is 0 Å². The van der Waals surface area contributed by atoms with Crippen molar-refractivity contribution in [3.8, 4) is 0 Å². The fraction of sp³-hybridized carbons (Fsp3) is 0.900. The smallest absolute Gasteiger partial charge is 0.223 e. The van der Waals surface area contributed by atoms with Gasteiger partial charge in [0.2, 0.25) is 11.8 Å². The van der Waals surface area contributed by atoms with Crippen molar-refractivity contribution in [2.45, 2.75) is 38.5 Å². The lowest BCUT2D eigenvalue weighted by atomic mass is 10.2. The molecule has 0 unspecified atom stereocenters. The number of rotatable bonds is 3. The highest BCUT2D eigenvalue weighted by Gasteiger charge is 2.38. The summed E-state index contributed by atoms with van der Waals surface area (Å²) < 4.78 is 2.47. The predicted molar refractivity (Wildman–Crippen MR) is 100 cm³/mol. The van der Waals surface area contributed by atoms with Gasteiger partial charge in [-0.25, -0.2) is 0 Å². The van der Waals surface area contributed by atoms with Crippen LogP contribution in [0.5, 0.6) is 0 Å². The summed E-state index contributed by atoms with van der Waals surface area (Å²) in [5, 5.41) is 0. The van der Waals surface area contributed by atoms with Gasteiger partial charge in [-0.15, -0.1) is 0 Å². The van der Waals surface area contributed by atoms with Gasteiger partial charge >= 0.3 is 0 Å². The Morgan fingerprint density at radius 2 is 0.821 bits per heavy atom. The number of carbonyl (C=O) groups is 2. The number of hydrogen-bond acceptors (Lipinski definition) is 2. The van der Waals surface area contributed by atoms with Crippen LogP contribution in [0.15, 0.2) is 0 Å². The molecule has 0 aromatic carbocycles. The highest BCUT2D eigenvalue weighted by atomic mass is 79.9. The fourth-order valence-corrected chi connectivity index (χ4v) is 5.71. The van der Waals surface area contributed by atoms with Crippen LogP contribution in [0, 0.1) is 0 Å². The molecule has 4 heterocycles. The molecular weight excluding hydrogens is 488 g/mol. The van der Waals surface area contributed by atoms with Gasteiger partial charge in [0.05, 0.1) is 78.5 Å². The standard InChI is InChI=1S/C20H36N4O2.2BrH/c25-19(21-7-15-23(16-8-21)11-1-2-12-23)5-6-20(26)22-9-17-24(18-10-22)13-3-4-14-24;;/h1-18H2;2*1H/q+2;;/p-2. The second-order valence-electron chi connectivity index (χ2n) is 9.15. The molecule has 8 heteroatoms. The molecule has 0 saturated carbocycles. The van der Waals surface area contributed by atoms with Gasteiger partial charge < -0.3 is 52.7 Å². The van der Waals surface area contributed by atoms with Crippen LogP contribution >= 0.6 is 0 Å². The van der Waals surface area contributed by atoms with Gasteiger partial charge in [0.15, 0.2) is 0 Å². The van der Waals surface area contributed by atoms with Crippen LogP contribution in [0.1, 0.15) is 38.5 Å². The van der Waals surface area contributed by atoms with E-state index in [0.717, 1.165) is 52.4 Å². The zero-order chi connectivity index (χ0) is 18.0. The summed E-state index contributed by atoms with van der Waals surface area (Å²) >= 11 is 0. The number of piperazine rings is 2. The van der Waals surface area contributed by atoms with E-state index in [2.05, 4.69) is 0 Å². The summed E-state index contributed by atoms with van der Waals surface area (Å²) in [6, 6.07) is 0. The summed E-state index contributed by atoms with van der Waals surface area (Å²) in [6.07, 6.45) is 6.18. The maximum absolute atomic E-state index is 12.5. The van der Waals surface area contributed by atoms with Gasteiger partial charge in [0, 0.05) is 38.5 Å². The minimum absolute atomic E-state index is 0. The first-order chi connectivity index (χ1) is 12.6. The molecule has 28 heavy (non-hydrogen) atoms. The molecule has 4 rings (SSSR count). The van der Waals surface area contributed by atoms with E-state index in [1.807, 2.05) is 9.80 Å². The molecule has 0 aromatic heterocycles. The zero-order valence-electron chi connectivity index (χ0n) is 17.1. The van der Waals surface area contributed by atoms with Crippen molar-refractivity contribution >= 4 is 11.8 Å². The highest BCUT2D eigenvalue weighted by molar-refractivity contribution is 5.84. The first-order valence-electron chi connectivity index (χ1n) is 10.9. The van der Waals surface area contributed by atoms with Crippen molar-refractivity contribution in [1.82, 2.24) is 9.80 Å². The van der Waals surface area contributed by atoms with E-state index in [4.69, 9.17) is 0 Å². The Hall–Kier alpha value is -0.180. The van der Waals surface area contributed by atoms with Crippen molar-refractivity contribution in [3.63, 3.8) is 0 Å². The molecule has 0 N–H and O–H groups in total. The number of carbonyl (C=O) groups excluding carboxylic acids is 2. The Kier molecular flexibility index (Phi) is 8.80. The molecule has 0 aromatic rings. The Morgan fingerprint density at radius 3 is 1.11 bits per heavy atom. The lowest BCUT2D eigenvalue weighted by molar-refractivity contribution is -0.920. The fourth-order valence-electron chi connectivity index (χ4n) is 5.71. The number of hydrogen-bond donors (Lipinski definition) is 0. The average molecular weight is 524 g/mol. The van der Waals surface area contributed by atoms with Crippen LogP contribution in [0.2, 0.25) is 0 Å². The van der Waals surface area contributed by atoms with E-state index >= 15 is 0 Å². The lowest BCUT2D eigenvalue weighted by Crippen LogP contribution is -3.00. The van der Waals surface area contributed by atoms with Gasteiger partial charge in [0.25, 0.3) is 0 Å². The molecule has 0 radical (unpaired) electrons. The van der Waals surface area contributed by atoms with Gasteiger partial charge in [-0.05, 0) is 0 Å². The Bertz CT molecular complexity index is 480. The molecule has 6 nitrogen and oxygen atoms in total. The number of halogens is 2. The normalized spacial score (nSPS) is 25.4. The molecule has 4 aliphatic heterocycles. The van der Waals surface area contributed by atoms with Crippen molar-refractivity contribution < 1.29 is 52.5 Å². The van der Waals surface area contributed by atoms with E-state index in [9.17, 15) is 9.59 Å². The summed E-state index contributed by atoms with van der Waals surface area (Å²) in [5.41, 5.74) is 0. The molecule has 0 bridgehead atoms. The second kappa shape index (κ2) is 10.2. The van der Waals surface area contributed by atoms with Crippen molar-refractivity contribution in [2.75, 3.05) is 78.5 Å². The topological polar surface area (TPSA) is 40.6 Å². The number of amides is 2. The van der Waals surface area contributed by atoms with Crippen LogP contribution in [0.3, 0.4) is 0 Å². The summed E-state index contributed by atoms with van der Waals surface area (Å²) in [5.74, 6) is 0.380. The molecule has 4 fully saturated rings. The van der Waals surface area contributed by atoms with Gasteiger partial charge in [0.1, 0.15) is 0 Å². The molecule has 2 amide bonds. The summed E-state index contributed by atoms with van der Waals surface area (Å²) in [4.78, 5) is 29.1. The van der Waals surface area contributed by atoms with E-state index < -0.39 is 0 Å². The van der Waals surface area contributed by atoms with Crippen molar-refractivity contribution in [3.05, 3.63) is 0 Å². The predicted octanol–water partition coefficient (Wildman–Crippen LogP) is -5.32. The molecule has 2 spiro atoms. The summed E-state index contributed by atoms with van der Waals surface area (Å²) in [6.45, 7) is 13.2. The van der Waals surface area contributed by atoms with E-state index in [0.29, 0.717) is 12.8 Å².